The third kappa shape index (κ3) is 4.06. The highest BCUT2D eigenvalue weighted by Gasteiger charge is 2.40. The van der Waals surface area contributed by atoms with E-state index in [1.807, 2.05) is 30.3 Å². The lowest BCUT2D eigenvalue weighted by atomic mass is 9.88. The van der Waals surface area contributed by atoms with E-state index in [1.54, 1.807) is 13.8 Å². The van der Waals surface area contributed by atoms with E-state index >= 15 is 0 Å². The normalized spacial score (nSPS) is 17.9. The Morgan fingerprint density at radius 2 is 1.87 bits per heavy atom. The second kappa shape index (κ2) is 7.72. The second-order valence-electron chi connectivity index (χ2n) is 5.48. The number of nitrogens with one attached hydrogen (secondary N) is 1. The number of ether oxygens (including phenoxy) is 1. The van der Waals surface area contributed by atoms with Crippen LogP contribution in [-0.2, 0) is 25.5 Å². The Labute approximate surface area is 135 Å². The number of aryl methyl sites for hydroxylation is 1. The van der Waals surface area contributed by atoms with E-state index in [-0.39, 0.29) is 6.61 Å². The number of carbonyl (C=O) groups excluding carboxylic acids is 3. The Bertz CT molecular complexity index is 634. The fraction of sp³-hybridized carbons (Fsp3) is 0.389. The van der Waals surface area contributed by atoms with Gasteiger partial charge in [0.2, 0.25) is 5.91 Å². The van der Waals surface area contributed by atoms with E-state index < -0.39 is 23.6 Å². The van der Waals surface area contributed by atoms with Crippen LogP contribution in [0.3, 0.4) is 0 Å². The summed E-state index contributed by atoms with van der Waals surface area (Å²) < 4.78 is 4.84. The van der Waals surface area contributed by atoms with Crippen LogP contribution in [0.1, 0.15) is 32.3 Å². The molecule has 1 aromatic carbocycles. The quantitative estimate of drug-likeness (QED) is 0.645. The van der Waals surface area contributed by atoms with Gasteiger partial charge in [0.25, 0.3) is 0 Å². The van der Waals surface area contributed by atoms with Crippen molar-refractivity contribution in [3.63, 3.8) is 0 Å². The number of Topliss-reactive ketones (excluding diaryl/α,β-unsaturated/α-hetero) is 1. The molecule has 1 aromatic rings. The molecule has 1 heterocycles. The predicted molar refractivity (Wildman–Crippen MR) is 85.4 cm³/mol. The molecule has 0 aliphatic carbocycles. The van der Waals surface area contributed by atoms with Crippen LogP contribution < -0.4 is 5.32 Å². The minimum Gasteiger partial charge on any atom is -0.465 e. The maximum atomic E-state index is 12.5. The summed E-state index contributed by atoms with van der Waals surface area (Å²) in [6.45, 7) is 3.47. The van der Waals surface area contributed by atoms with Crippen LogP contribution in [0, 0.1) is 5.92 Å². The van der Waals surface area contributed by atoms with Gasteiger partial charge in [0.15, 0.2) is 11.7 Å². The predicted octanol–water partition coefficient (Wildman–Crippen LogP) is 2.16. The van der Waals surface area contributed by atoms with E-state index in [1.165, 1.54) is 5.56 Å². The van der Waals surface area contributed by atoms with Crippen molar-refractivity contribution in [1.29, 1.82) is 0 Å². The third-order valence-corrected chi connectivity index (χ3v) is 3.84. The van der Waals surface area contributed by atoms with Crippen LogP contribution in [0.25, 0.3) is 0 Å². The van der Waals surface area contributed by atoms with E-state index in [0.29, 0.717) is 17.7 Å². The second-order valence-corrected chi connectivity index (χ2v) is 5.48. The van der Waals surface area contributed by atoms with Gasteiger partial charge in [-0.1, -0.05) is 30.3 Å². The lowest BCUT2D eigenvalue weighted by Gasteiger charge is -2.23. The lowest BCUT2D eigenvalue weighted by Crippen LogP contribution is -2.45. The molecule has 0 radical (unpaired) electrons. The minimum absolute atomic E-state index is 0.141. The molecule has 1 unspecified atom stereocenters. The number of amides is 1. The first-order chi connectivity index (χ1) is 11.0. The van der Waals surface area contributed by atoms with Crippen molar-refractivity contribution in [3.8, 4) is 0 Å². The number of carbonyl (C=O) groups is 3. The number of hydrogen-bond donors (Lipinski definition) is 1. The van der Waals surface area contributed by atoms with Gasteiger partial charge in [-0.25, -0.2) is 0 Å². The molecule has 122 valence electrons. The Hall–Kier alpha value is -2.43. The molecule has 5 heteroatoms. The highest BCUT2D eigenvalue weighted by molar-refractivity contribution is 6.24. The first-order valence-electron chi connectivity index (χ1n) is 7.80. The summed E-state index contributed by atoms with van der Waals surface area (Å²) in [7, 11) is 0. The van der Waals surface area contributed by atoms with Gasteiger partial charge in [0.1, 0.15) is 0 Å². The van der Waals surface area contributed by atoms with Crippen molar-refractivity contribution in [1.82, 2.24) is 5.32 Å². The first-order valence-corrected chi connectivity index (χ1v) is 7.80. The number of allylic oxidation sites excluding steroid dienone is 2. The SMILES string of the molecule is CCOC(=O)C1C(=O)NC(C)=C(CCCc2ccccc2)C1=O. The Kier molecular flexibility index (Phi) is 5.68. The number of hydrogen-bond acceptors (Lipinski definition) is 4. The number of benzene rings is 1. The van der Waals surface area contributed by atoms with Gasteiger partial charge >= 0.3 is 5.97 Å². The van der Waals surface area contributed by atoms with Crippen LogP contribution >= 0.6 is 0 Å². The highest BCUT2D eigenvalue weighted by Crippen LogP contribution is 2.23. The van der Waals surface area contributed by atoms with Gasteiger partial charge in [0.05, 0.1) is 6.61 Å². The lowest BCUT2D eigenvalue weighted by molar-refractivity contribution is -0.155. The van der Waals surface area contributed by atoms with Crippen LogP contribution in [0.5, 0.6) is 0 Å². The molecule has 1 atom stereocenters. The van der Waals surface area contributed by atoms with E-state index in [0.717, 1.165) is 12.8 Å². The summed E-state index contributed by atoms with van der Waals surface area (Å²) in [6.07, 6.45) is 2.13. The fourth-order valence-corrected chi connectivity index (χ4v) is 2.67. The van der Waals surface area contributed by atoms with Crippen molar-refractivity contribution < 1.29 is 19.1 Å². The first kappa shape index (κ1) is 16.9. The molecule has 0 aromatic heterocycles. The summed E-state index contributed by atoms with van der Waals surface area (Å²) in [5.41, 5.74) is 2.24. The molecule has 1 amide bonds. The molecule has 5 nitrogen and oxygen atoms in total. The van der Waals surface area contributed by atoms with Gasteiger partial charge in [-0.15, -0.1) is 0 Å². The molecule has 1 aliphatic rings. The third-order valence-electron chi connectivity index (χ3n) is 3.84. The topological polar surface area (TPSA) is 72.5 Å². The molecule has 0 saturated carbocycles. The Morgan fingerprint density at radius 1 is 1.17 bits per heavy atom. The van der Waals surface area contributed by atoms with Crippen molar-refractivity contribution in [3.05, 3.63) is 47.2 Å². The van der Waals surface area contributed by atoms with Crippen molar-refractivity contribution >= 4 is 17.7 Å². The minimum atomic E-state index is -1.37. The molecule has 23 heavy (non-hydrogen) atoms. The Balaban J connectivity index is 2.04. The average molecular weight is 315 g/mol. The van der Waals surface area contributed by atoms with E-state index in [2.05, 4.69) is 5.32 Å². The van der Waals surface area contributed by atoms with Gasteiger partial charge in [-0.2, -0.15) is 0 Å². The summed E-state index contributed by atoms with van der Waals surface area (Å²) in [6, 6.07) is 9.98. The van der Waals surface area contributed by atoms with Crippen LogP contribution in [0.15, 0.2) is 41.6 Å². The molecule has 0 fully saturated rings. The van der Waals surface area contributed by atoms with Crippen molar-refractivity contribution in [2.75, 3.05) is 6.61 Å². The zero-order valence-electron chi connectivity index (χ0n) is 13.4. The molecule has 1 aliphatic heterocycles. The largest absolute Gasteiger partial charge is 0.465 e. The summed E-state index contributed by atoms with van der Waals surface area (Å²) in [5, 5.41) is 2.62. The zero-order chi connectivity index (χ0) is 16.8. The van der Waals surface area contributed by atoms with Crippen molar-refractivity contribution in [2.24, 2.45) is 5.92 Å². The van der Waals surface area contributed by atoms with Crippen molar-refractivity contribution in [2.45, 2.75) is 33.1 Å². The maximum absolute atomic E-state index is 12.5. The summed E-state index contributed by atoms with van der Waals surface area (Å²) in [5.74, 6) is -3.18. The van der Waals surface area contributed by atoms with E-state index in [9.17, 15) is 14.4 Å². The monoisotopic (exact) mass is 315 g/mol. The summed E-state index contributed by atoms with van der Waals surface area (Å²) >= 11 is 0. The molecule has 0 spiro atoms. The van der Waals surface area contributed by atoms with E-state index in [4.69, 9.17) is 4.74 Å². The standard InChI is InChI=1S/C18H21NO4/c1-3-23-18(22)15-16(20)14(12(2)19-17(15)21)11-7-10-13-8-5-4-6-9-13/h4-6,8-9,15H,3,7,10-11H2,1-2H3,(H,19,21). The highest BCUT2D eigenvalue weighted by atomic mass is 16.5. The molecule has 0 saturated heterocycles. The fourth-order valence-electron chi connectivity index (χ4n) is 2.67. The Morgan fingerprint density at radius 3 is 2.52 bits per heavy atom. The molecular weight excluding hydrogens is 294 g/mol. The van der Waals surface area contributed by atoms with Gasteiger partial charge < -0.3 is 10.1 Å². The number of rotatable bonds is 6. The maximum Gasteiger partial charge on any atom is 0.326 e. The molecule has 2 rings (SSSR count). The zero-order valence-corrected chi connectivity index (χ0v) is 13.4. The number of esters is 1. The van der Waals surface area contributed by atoms with Gasteiger partial charge in [-0.3, -0.25) is 14.4 Å². The molecule has 1 N–H and O–H groups in total. The summed E-state index contributed by atoms with van der Waals surface area (Å²) in [4.78, 5) is 36.2. The average Bonchev–Trinajstić information content (AvgIpc) is 2.51. The van der Waals surface area contributed by atoms with Crippen LogP contribution in [-0.4, -0.2) is 24.3 Å². The smallest absolute Gasteiger partial charge is 0.326 e. The van der Waals surface area contributed by atoms with Gasteiger partial charge in [-0.05, 0) is 38.7 Å². The number of ketones is 1. The molecule has 0 bridgehead atoms. The van der Waals surface area contributed by atoms with Crippen LogP contribution in [0.4, 0.5) is 0 Å². The van der Waals surface area contributed by atoms with Gasteiger partial charge in [0, 0.05) is 11.3 Å². The molecular formula is C18H21NO4. The van der Waals surface area contributed by atoms with Crippen LogP contribution in [0.2, 0.25) is 0 Å².